The van der Waals surface area contributed by atoms with Crippen molar-refractivity contribution in [2.75, 3.05) is 0 Å². The summed E-state index contributed by atoms with van der Waals surface area (Å²) in [7, 11) is 0. The molecule has 0 bridgehead atoms. The average molecular weight is 300 g/mol. The van der Waals surface area contributed by atoms with E-state index in [0.717, 1.165) is 17.1 Å². The highest BCUT2D eigenvalue weighted by molar-refractivity contribution is 6.29. The van der Waals surface area contributed by atoms with E-state index in [1.807, 2.05) is 24.3 Å². The third-order valence-electron chi connectivity index (χ3n) is 3.10. The van der Waals surface area contributed by atoms with Gasteiger partial charge in [-0.2, -0.15) is 4.52 Å². The molecular formula is C14H7ClFN5. The Morgan fingerprint density at radius 2 is 1.95 bits per heavy atom. The lowest BCUT2D eigenvalue weighted by Crippen LogP contribution is -1.94. The van der Waals surface area contributed by atoms with Crippen LogP contribution in [0.15, 0.2) is 42.7 Å². The van der Waals surface area contributed by atoms with E-state index in [1.54, 1.807) is 0 Å². The molecule has 1 aromatic carbocycles. The number of nitrogens with zero attached hydrogens (tertiary/aromatic N) is 5. The number of hydrogen-bond acceptors (Lipinski definition) is 4. The van der Waals surface area contributed by atoms with Gasteiger partial charge in [0, 0.05) is 17.1 Å². The van der Waals surface area contributed by atoms with Gasteiger partial charge in [0.1, 0.15) is 5.82 Å². The van der Waals surface area contributed by atoms with Gasteiger partial charge in [-0.1, -0.05) is 12.1 Å². The Morgan fingerprint density at radius 1 is 1.10 bits per heavy atom. The maximum Gasteiger partial charge on any atom is 0.226 e. The normalized spacial score (nSPS) is 11.3. The second-order valence-electron chi connectivity index (χ2n) is 4.46. The second kappa shape index (κ2) is 4.46. The van der Waals surface area contributed by atoms with Crippen molar-refractivity contribution >= 4 is 28.2 Å². The lowest BCUT2D eigenvalue weighted by Gasteiger charge is -1.99. The molecule has 0 aliphatic carbocycles. The Labute approximate surface area is 123 Å². The van der Waals surface area contributed by atoms with Crippen LogP contribution in [-0.4, -0.2) is 24.6 Å². The van der Waals surface area contributed by atoms with Crippen LogP contribution < -0.4 is 0 Å². The Balaban J connectivity index is 2.06. The maximum absolute atomic E-state index is 13.3. The quantitative estimate of drug-likeness (QED) is 0.507. The fourth-order valence-corrected chi connectivity index (χ4v) is 2.39. The summed E-state index contributed by atoms with van der Waals surface area (Å²) in [6.07, 6.45) is 2.63. The molecule has 21 heavy (non-hydrogen) atoms. The summed E-state index contributed by atoms with van der Waals surface area (Å²) in [6, 6.07) is 8.81. The van der Waals surface area contributed by atoms with Crippen molar-refractivity contribution in [2.24, 2.45) is 0 Å². The number of hydrogen-bond donors (Lipinski definition) is 0. The molecule has 4 aromatic rings. The van der Waals surface area contributed by atoms with Crippen molar-refractivity contribution in [3.8, 4) is 11.4 Å². The molecule has 0 spiro atoms. The zero-order valence-corrected chi connectivity index (χ0v) is 11.3. The van der Waals surface area contributed by atoms with Crippen LogP contribution in [0.5, 0.6) is 0 Å². The molecule has 7 heteroatoms. The zero-order chi connectivity index (χ0) is 14.4. The van der Waals surface area contributed by atoms with E-state index in [0.29, 0.717) is 17.0 Å². The first-order chi connectivity index (χ1) is 10.2. The number of pyridine rings is 1. The van der Waals surface area contributed by atoms with Gasteiger partial charge < -0.3 is 0 Å². The van der Waals surface area contributed by atoms with Gasteiger partial charge in [-0.15, -0.1) is 5.10 Å². The number of halogens is 2. The van der Waals surface area contributed by atoms with Crippen LogP contribution in [0.1, 0.15) is 0 Å². The van der Waals surface area contributed by atoms with E-state index in [2.05, 4.69) is 20.1 Å². The van der Waals surface area contributed by atoms with Crippen LogP contribution in [0.4, 0.5) is 4.39 Å². The molecule has 0 radical (unpaired) electrons. The fourth-order valence-electron chi connectivity index (χ4n) is 2.18. The number of para-hydroxylation sites is 1. The molecule has 0 amide bonds. The first-order valence-corrected chi connectivity index (χ1v) is 6.52. The summed E-state index contributed by atoms with van der Waals surface area (Å²) < 4.78 is 14.7. The largest absolute Gasteiger partial charge is 0.261 e. The van der Waals surface area contributed by atoms with E-state index in [9.17, 15) is 4.39 Å². The SMILES string of the molecule is Fc1cncc(-c2nc3c4ccccc4nc(Cl)n3n2)c1. The van der Waals surface area contributed by atoms with Crippen LogP contribution in [0.2, 0.25) is 5.28 Å². The van der Waals surface area contributed by atoms with Gasteiger partial charge in [-0.25, -0.2) is 14.4 Å². The minimum atomic E-state index is -0.444. The van der Waals surface area contributed by atoms with Crippen molar-refractivity contribution < 1.29 is 4.39 Å². The van der Waals surface area contributed by atoms with E-state index in [-0.39, 0.29) is 5.28 Å². The third-order valence-corrected chi connectivity index (χ3v) is 3.35. The monoisotopic (exact) mass is 299 g/mol. The molecule has 5 nitrogen and oxygen atoms in total. The van der Waals surface area contributed by atoms with Crippen LogP contribution in [0.25, 0.3) is 27.9 Å². The molecule has 0 N–H and O–H groups in total. The van der Waals surface area contributed by atoms with Crippen LogP contribution in [-0.2, 0) is 0 Å². The van der Waals surface area contributed by atoms with Gasteiger partial charge in [0.15, 0.2) is 11.5 Å². The van der Waals surface area contributed by atoms with E-state index in [4.69, 9.17) is 11.6 Å². The average Bonchev–Trinajstić information content (AvgIpc) is 2.93. The van der Waals surface area contributed by atoms with Gasteiger partial charge in [-0.3, -0.25) is 4.98 Å². The van der Waals surface area contributed by atoms with Crippen molar-refractivity contribution in [3.05, 3.63) is 53.8 Å². The topological polar surface area (TPSA) is 56.0 Å². The van der Waals surface area contributed by atoms with Gasteiger partial charge in [-0.05, 0) is 29.8 Å². The summed E-state index contributed by atoms with van der Waals surface area (Å²) >= 11 is 6.13. The minimum absolute atomic E-state index is 0.201. The molecule has 0 aliphatic rings. The van der Waals surface area contributed by atoms with Crippen LogP contribution in [0, 0.1) is 5.82 Å². The molecule has 0 atom stereocenters. The van der Waals surface area contributed by atoms with Crippen molar-refractivity contribution in [2.45, 2.75) is 0 Å². The number of fused-ring (bicyclic) bond motifs is 3. The van der Waals surface area contributed by atoms with Gasteiger partial charge in [0.25, 0.3) is 0 Å². The summed E-state index contributed by atoms with van der Waals surface area (Å²) in [5.74, 6) is -0.0949. The summed E-state index contributed by atoms with van der Waals surface area (Å²) in [5, 5.41) is 5.30. The molecule has 3 aromatic heterocycles. The summed E-state index contributed by atoms with van der Waals surface area (Å²) in [4.78, 5) is 12.5. The van der Waals surface area contributed by atoms with E-state index < -0.39 is 5.82 Å². The molecule has 4 rings (SSSR count). The molecule has 0 saturated carbocycles. The molecule has 102 valence electrons. The predicted molar refractivity (Wildman–Crippen MR) is 76.5 cm³/mol. The fraction of sp³-hybridized carbons (Fsp3) is 0. The van der Waals surface area contributed by atoms with Crippen molar-refractivity contribution in [3.63, 3.8) is 0 Å². The summed E-state index contributed by atoms with van der Waals surface area (Å²) in [5.41, 5.74) is 1.79. The van der Waals surface area contributed by atoms with E-state index in [1.165, 1.54) is 16.8 Å². The molecule has 0 fully saturated rings. The van der Waals surface area contributed by atoms with E-state index >= 15 is 0 Å². The minimum Gasteiger partial charge on any atom is -0.261 e. The highest BCUT2D eigenvalue weighted by Gasteiger charge is 2.13. The van der Waals surface area contributed by atoms with Crippen molar-refractivity contribution in [1.29, 1.82) is 0 Å². The molecule has 0 unspecified atom stereocenters. The highest BCUT2D eigenvalue weighted by atomic mass is 35.5. The molecule has 3 heterocycles. The van der Waals surface area contributed by atoms with Gasteiger partial charge in [0.2, 0.25) is 5.28 Å². The Hall–Kier alpha value is -2.60. The molecule has 0 saturated heterocycles. The number of benzene rings is 1. The molecule has 0 aliphatic heterocycles. The smallest absolute Gasteiger partial charge is 0.226 e. The van der Waals surface area contributed by atoms with Crippen LogP contribution >= 0.6 is 11.6 Å². The Morgan fingerprint density at radius 3 is 2.81 bits per heavy atom. The first-order valence-electron chi connectivity index (χ1n) is 6.14. The third kappa shape index (κ3) is 1.92. The Kier molecular flexibility index (Phi) is 2.58. The highest BCUT2D eigenvalue weighted by Crippen LogP contribution is 2.23. The summed E-state index contributed by atoms with van der Waals surface area (Å²) in [6.45, 7) is 0. The lowest BCUT2D eigenvalue weighted by molar-refractivity contribution is 0.622. The standard InChI is InChI=1S/C14H7ClFN5/c15-14-18-11-4-2-1-3-10(11)13-19-12(20-21(13)14)8-5-9(16)7-17-6-8/h1-7H. The number of aromatic nitrogens is 5. The first kappa shape index (κ1) is 12.2. The zero-order valence-electron chi connectivity index (χ0n) is 10.5. The Bertz CT molecular complexity index is 982. The maximum atomic E-state index is 13.3. The lowest BCUT2D eigenvalue weighted by atomic mass is 10.2. The van der Waals surface area contributed by atoms with Crippen LogP contribution in [0.3, 0.4) is 0 Å². The van der Waals surface area contributed by atoms with Crippen molar-refractivity contribution in [1.82, 2.24) is 24.6 Å². The van der Waals surface area contributed by atoms with Gasteiger partial charge in [0.05, 0.1) is 11.7 Å². The molecular weight excluding hydrogens is 293 g/mol. The predicted octanol–water partition coefficient (Wildman–Crippen LogP) is 3.13. The number of rotatable bonds is 1. The van der Waals surface area contributed by atoms with Gasteiger partial charge >= 0.3 is 0 Å². The second-order valence-corrected chi connectivity index (χ2v) is 4.80.